The number of esters is 1. The van der Waals surface area contributed by atoms with E-state index in [1.165, 1.54) is 12.8 Å². The third kappa shape index (κ3) is 1.87. The summed E-state index contributed by atoms with van der Waals surface area (Å²) in [7, 11) is 0. The van der Waals surface area contributed by atoms with Crippen LogP contribution in [0.5, 0.6) is 0 Å². The van der Waals surface area contributed by atoms with Crippen molar-refractivity contribution in [2.75, 3.05) is 13.2 Å². The highest BCUT2D eigenvalue weighted by molar-refractivity contribution is 5.91. The quantitative estimate of drug-likeness (QED) is 0.585. The molecule has 2 bridgehead atoms. The van der Waals surface area contributed by atoms with Gasteiger partial charge in [0.2, 0.25) is 5.91 Å². The van der Waals surface area contributed by atoms with E-state index in [1.54, 1.807) is 0 Å². The predicted octanol–water partition coefficient (Wildman–Crippen LogP) is 1.66. The normalized spacial score (nSPS) is 39.8. The van der Waals surface area contributed by atoms with E-state index >= 15 is 0 Å². The van der Waals surface area contributed by atoms with Gasteiger partial charge in [-0.1, -0.05) is 31.9 Å². The Morgan fingerprint density at radius 3 is 2.95 bits per heavy atom. The van der Waals surface area contributed by atoms with Crippen molar-refractivity contribution in [1.29, 1.82) is 0 Å². The van der Waals surface area contributed by atoms with E-state index in [0.717, 1.165) is 19.3 Å². The van der Waals surface area contributed by atoms with Gasteiger partial charge in [-0.2, -0.15) is 0 Å². The average molecular weight is 305 g/mol. The summed E-state index contributed by atoms with van der Waals surface area (Å²) in [4.78, 5) is 27.3. The Bertz CT molecular complexity index is 525. The van der Waals surface area contributed by atoms with Gasteiger partial charge >= 0.3 is 5.97 Å². The van der Waals surface area contributed by atoms with Crippen LogP contribution in [0.2, 0.25) is 0 Å². The standard InChI is InChI=1S/C17H23NO4/c1-2-9-21-16(20)13-12-7-8-17(22-12)10-18(15(19)14(13)17)11-5-3-4-6-11/h7-8,11-14H,2-6,9-10H2,1H3/t12-,13+,14-,17+/m0/s1. The number of rotatable bonds is 4. The maximum absolute atomic E-state index is 13.0. The summed E-state index contributed by atoms with van der Waals surface area (Å²) in [6, 6.07) is 0.329. The van der Waals surface area contributed by atoms with Crippen molar-refractivity contribution < 1.29 is 19.1 Å². The molecule has 5 heteroatoms. The van der Waals surface area contributed by atoms with Crippen LogP contribution in [0.3, 0.4) is 0 Å². The topological polar surface area (TPSA) is 55.8 Å². The van der Waals surface area contributed by atoms with Gasteiger partial charge in [0.1, 0.15) is 11.5 Å². The maximum Gasteiger partial charge on any atom is 0.312 e. The highest BCUT2D eigenvalue weighted by atomic mass is 16.6. The van der Waals surface area contributed by atoms with Gasteiger partial charge in [-0.3, -0.25) is 9.59 Å². The molecule has 22 heavy (non-hydrogen) atoms. The monoisotopic (exact) mass is 305 g/mol. The van der Waals surface area contributed by atoms with Crippen molar-refractivity contribution in [3.8, 4) is 0 Å². The number of hydrogen-bond donors (Lipinski definition) is 0. The number of fused-ring (bicyclic) bond motifs is 1. The lowest BCUT2D eigenvalue weighted by molar-refractivity contribution is -0.154. The van der Waals surface area contributed by atoms with Crippen LogP contribution >= 0.6 is 0 Å². The van der Waals surface area contributed by atoms with Crippen molar-refractivity contribution in [2.24, 2.45) is 11.8 Å². The van der Waals surface area contributed by atoms with Crippen LogP contribution in [0.25, 0.3) is 0 Å². The molecule has 2 saturated heterocycles. The number of likely N-dealkylation sites (tertiary alicyclic amines) is 1. The minimum atomic E-state index is -0.583. The van der Waals surface area contributed by atoms with E-state index in [4.69, 9.17) is 9.47 Å². The molecule has 0 N–H and O–H groups in total. The summed E-state index contributed by atoms with van der Waals surface area (Å²) in [5, 5.41) is 0. The third-order valence-electron chi connectivity index (χ3n) is 5.62. The Balaban J connectivity index is 1.58. The fourth-order valence-corrected chi connectivity index (χ4v) is 4.62. The summed E-state index contributed by atoms with van der Waals surface area (Å²) >= 11 is 0. The smallest absolute Gasteiger partial charge is 0.312 e. The van der Waals surface area contributed by atoms with Crippen LogP contribution < -0.4 is 0 Å². The average Bonchev–Trinajstić information content (AvgIpc) is 3.25. The molecule has 1 saturated carbocycles. The second kappa shape index (κ2) is 5.08. The highest BCUT2D eigenvalue weighted by Crippen LogP contribution is 2.53. The molecule has 1 amide bonds. The Kier molecular flexibility index (Phi) is 3.29. The summed E-state index contributed by atoms with van der Waals surface area (Å²) in [6.07, 6.45) is 8.99. The number of ether oxygens (including phenoxy) is 2. The molecule has 5 nitrogen and oxygen atoms in total. The van der Waals surface area contributed by atoms with E-state index < -0.39 is 11.5 Å². The third-order valence-corrected chi connectivity index (χ3v) is 5.62. The number of amides is 1. The van der Waals surface area contributed by atoms with Crippen molar-refractivity contribution in [1.82, 2.24) is 4.90 Å². The number of hydrogen-bond acceptors (Lipinski definition) is 4. The molecule has 0 aromatic heterocycles. The van der Waals surface area contributed by atoms with Gasteiger partial charge in [0.25, 0.3) is 0 Å². The maximum atomic E-state index is 13.0. The lowest BCUT2D eigenvalue weighted by Gasteiger charge is -2.26. The number of nitrogens with zero attached hydrogens (tertiary/aromatic N) is 1. The van der Waals surface area contributed by atoms with Gasteiger partial charge in [-0.25, -0.2) is 0 Å². The summed E-state index contributed by atoms with van der Waals surface area (Å²) in [5.74, 6) is -1.02. The minimum Gasteiger partial charge on any atom is -0.465 e. The molecule has 120 valence electrons. The first-order chi connectivity index (χ1) is 10.7. The van der Waals surface area contributed by atoms with E-state index in [9.17, 15) is 9.59 Å². The first kappa shape index (κ1) is 14.2. The first-order valence-corrected chi connectivity index (χ1v) is 8.50. The molecule has 4 rings (SSSR count). The molecule has 0 radical (unpaired) electrons. The minimum absolute atomic E-state index is 0.0946. The SMILES string of the molecule is CCCOC(=O)[C@@H]1[C@@H]2C=C[C@]3(CN(C4CCCC4)C(=O)[C@H]13)O2. The van der Waals surface area contributed by atoms with Gasteiger partial charge in [0, 0.05) is 6.04 Å². The van der Waals surface area contributed by atoms with E-state index in [2.05, 4.69) is 0 Å². The molecule has 0 aromatic carbocycles. The van der Waals surface area contributed by atoms with Crippen LogP contribution in [-0.2, 0) is 19.1 Å². The highest BCUT2D eigenvalue weighted by Gasteiger charge is 2.67. The molecule has 3 fully saturated rings. The lowest BCUT2D eigenvalue weighted by atomic mass is 9.77. The molecule has 1 spiro atoms. The fraction of sp³-hybridized carbons (Fsp3) is 0.765. The largest absolute Gasteiger partial charge is 0.465 e. The summed E-state index contributed by atoms with van der Waals surface area (Å²) in [5.41, 5.74) is -0.583. The summed E-state index contributed by atoms with van der Waals surface area (Å²) < 4.78 is 11.4. The van der Waals surface area contributed by atoms with Crippen LogP contribution in [0, 0.1) is 11.8 Å². The number of carbonyl (C=O) groups excluding carboxylic acids is 2. The number of carbonyl (C=O) groups is 2. The molecule has 0 aromatic rings. The molecule has 1 aliphatic carbocycles. The van der Waals surface area contributed by atoms with E-state index in [0.29, 0.717) is 19.2 Å². The van der Waals surface area contributed by atoms with Gasteiger partial charge in [-0.05, 0) is 19.3 Å². The Morgan fingerprint density at radius 1 is 1.45 bits per heavy atom. The molecule has 3 aliphatic heterocycles. The van der Waals surface area contributed by atoms with Crippen molar-refractivity contribution in [2.45, 2.75) is 56.8 Å². The van der Waals surface area contributed by atoms with E-state index in [-0.39, 0.29) is 23.9 Å². The van der Waals surface area contributed by atoms with Gasteiger partial charge in [0.05, 0.1) is 25.2 Å². The zero-order valence-electron chi connectivity index (χ0n) is 13.0. The van der Waals surface area contributed by atoms with Crippen LogP contribution in [0.1, 0.15) is 39.0 Å². The van der Waals surface area contributed by atoms with Crippen LogP contribution in [-0.4, -0.2) is 47.7 Å². The van der Waals surface area contributed by atoms with E-state index in [1.807, 2.05) is 24.0 Å². The second-order valence-corrected chi connectivity index (χ2v) is 6.97. The summed E-state index contributed by atoms with van der Waals surface area (Å²) in [6.45, 7) is 2.98. The molecular formula is C17H23NO4. The lowest BCUT2D eigenvalue weighted by Crippen LogP contribution is -2.41. The van der Waals surface area contributed by atoms with Crippen molar-refractivity contribution in [3.05, 3.63) is 12.2 Å². The zero-order chi connectivity index (χ0) is 15.3. The van der Waals surface area contributed by atoms with Gasteiger partial charge in [-0.15, -0.1) is 0 Å². The molecule has 0 unspecified atom stereocenters. The second-order valence-electron chi connectivity index (χ2n) is 6.97. The molecule has 3 heterocycles. The molecular weight excluding hydrogens is 282 g/mol. The van der Waals surface area contributed by atoms with Gasteiger partial charge < -0.3 is 14.4 Å². The molecule has 4 aliphatic rings. The first-order valence-electron chi connectivity index (χ1n) is 8.50. The van der Waals surface area contributed by atoms with Crippen LogP contribution in [0.15, 0.2) is 12.2 Å². The van der Waals surface area contributed by atoms with Crippen LogP contribution in [0.4, 0.5) is 0 Å². The predicted molar refractivity (Wildman–Crippen MR) is 78.9 cm³/mol. The Labute approximate surface area is 130 Å². The van der Waals surface area contributed by atoms with Crippen molar-refractivity contribution >= 4 is 11.9 Å². The Morgan fingerprint density at radius 2 is 2.23 bits per heavy atom. The van der Waals surface area contributed by atoms with Crippen molar-refractivity contribution in [3.63, 3.8) is 0 Å². The Hall–Kier alpha value is -1.36. The fourth-order valence-electron chi connectivity index (χ4n) is 4.62. The van der Waals surface area contributed by atoms with Gasteiger partial charge in [0.15, 0.2) is 0 Å². The zero-order valence-corrected chi connectivity index (χ0v) is 13.0. The molecule has 4 atom stereocenters.